The molecule has 0 fully saturated rings. The highest BCUT2D eigenvalue weighted by molar-refractivity contribution is 7.89. The van der Waals surface area contributed by atoms with Gasteiger partial charge in [0.2, 0.25) is 10.0 Å². The fourth-order valence-corrected chi connectivity index (χ4v) is 4.19. The molecule has 0 saturated heterocycles. The molecule has 1 aromatic carbocycles. The van der Waals surface area contributed by atoms with E-state index in [1.54, 1.807) is 29.8 Å². The summed E-state index contributed by atoms with van der Waals surface area (Å²) < 4.78 is 64.0. The van der Waals surface area contributed by atoms with Crippen molar-refractivity contribution >= 4 is 32.5 Å². The molecule has 152 valence electrons. The zero-order chi connectivity index (χ0) is 21.6. The predicted molar refractivity (Wildman–Crippen MR) is 103 cm³/mol. The van der Waals surface area contributed by atoms with Gasteiger partial charge in [-0.15, -0.1) is 0 Å². The molecule has 0 aliphatic carbocycles. The second-order valence-electron chi connectivity index (χ2n) is 6.46. The summed E-state index contributed by atoms with van der Waals surface area (Å²) in [7, 11) is -3.18. The van der Waals surface area contributed by atoms with Crippen LogP contribution in [0, 0.1) is 11.3 Å². The minimum Gasteiger partial charge on any atom is -0.342 e. The van der Waals surface area contributed by atoms with Crippen molar-refractivity contribution in [3.8, 4) is 17.3 Å². The van der Waals surface area contributed by atoms with Crippen LogP contribution in [-0.2, 0) is 23.5 Å². The molecule has 0 bridgehead atoms. The number of aromatic nitrogens is 2. The Kier molecular flexibility index (Phi) is 5.34. The van der Waals surface area contributed by atoms with Crippen LogP contribution in [0.2, 0.25) is 5.02 Å². The second kappa shape index (κ2) is 7.33. The van der Waals surface area contributed by atoms with Crippen molar-refractivity contribution in [2.75, 3.05) is 0 Å². The highest BCUT2D eigenvalue weighted by atomic mass is 35.5. The predicted octanol–water partition coefficient (Wildman–Crippen LogP) is 3.53. The van der Waals surface area contributed by atoms with Crippen LogP contribution < -0.4 is 5.14 Å². The number of aryl methyl sites for hydroxylation is 1. The van der Waals surface area contributed by atoms with E-state index in [2.05, 4.69) is 11.1 Å². The lowest BCUT2D eigenvalue weighted by Gasteiger charge is -2.18. The number of halogens is 4. The smallest absolute Gasteiger partial charge is 0.342 e. The lowest BCUT2D eigenvalue weighted by atomic mass is 10.0. The molecular weight excluding hydrogens is 429 g/mol. The molecular formula is C18H14ClF3N4O2S. The molecule has 2 N–H and O–H groups in total. The molecule has 3 rings (SSSR count). The van der Waals surface area contributed by atoms with Crippen LogP contribution in [0.4, 0.5) is 13.2 Å². The van der Waals surface area contributed by atoms with E-state index in [4.69, 9.17) is 16.7 Å². The Bertz CT molecular complexity index is 1250. The van der Waals surface area contributed by atoms with Gasteiger partial charge < -0.3 is 4.57 Å². The number of sulfonamides is 1. The van der Waals surface area contributed by atoms with E-state index < -0.39 is 27.9 Å². The number of nitrogens with zero attached hydrogens (tertiary/aromatic N) is 3. The number of benzene rings is 1. The van der Waals surface area contributed by atoms with Gasteiger partial charge in [0.15, 0.2) is 5.25 Å². The average molecular weight is 443 g/mol. The minimum absolute atomic E-state index is 0.0195. The third-order valence-electron chi connectivity index (χ3n) is 4.53. The van der Waals surface area contributed by atoms with Gasteiger partial charge in [-0.1, -0.05) is 11.6 Å². The average Bonchev–Trinajstić information content (AvgIpc) is 2.89. The number of nitriles is 1. The largest absolute Gasteiger partial charge is 0.407 e. The molecule has 11 heteroatoms. The van der Waals surface area contributed by atoms with Crippen LogP contribution in [0.1, 0.15) is 11.1 Å². The van der Waals surface area contributed by atoms with Gasteiger partial charge in [0.1, 0.15) is 6.07 Å². The molecule has 6 nitrogen and oxygen atoms in total. The molecule has 29 heavy (non-hydrogen) atoms. The molecule has 0 amide bonds. The van der Waals surface area contributed by atoms with Gasteiger partial charge in [0, 0.05) is 41.8 Å². The Morgan fingerprint density at radius 2 is 2.00 bits per heavy atom. The molecule has 0 saturated carbocycles. The summed E-state index contributed by atoms with van der Waals surface area (Å²) in [5.41, 5.74) is 1.78. The van der Waals surface area contributed by atoms with Gasteiger partial charge in [-0.25, -0.2) is 13.6 Å². The number of pyridine rings is 1. The third kappa shape index (κ3) is 4.07. The maximum absolute atomic E-state index is 13.1. The van der Waals surface area contributed by atoms with E-state index in [0.717, 1.165) is 6.20 Å². The van der Waals surface area contributed by atoms with Crippen molar-refractivity contribution in [1.82, 2.24) is 9.55 Å². The highest BCUT2D eigenvalue weighted by Crippen LogP contribution is 2.34. The van der Waals surface area contributed by atoms with Crippen molar-refractivity contribution in [2.45, 2.75) is 17.8 Å². The minimum atomic E-state index is -5.03. The Morgan fingerprint density at radius 1 is 1.31 bits per heavy atom. The molecule has 3 aromatic rings. The first-order chi connectivity index (χ1) is 13.4. The van der Waals surface area contributed by atoms with E-state index in [1.807, 2.05) is 0 Å². The van der Waals surface area contributed by atoms with Crippen LogP contribution in [0.15, 0.2) is 36.7 Å². The molecule has 0 aliphatic heterocycles. The van der Waals surface area contributed by atoms with E-state index in [-0.39, 0.29) is 5.56 Å². The lowest BCUT2D eigenvalue weighted by molar-refractivity contribution is -0.130. The molecule has 0 spiro atoms. The zero-order valence-corrected chi connectivity index (χ0v) is 16.5. The topological polar surface area (TPSA) is 102 Å². The number of hydrogen-bond acceptors (Lipinski definition) is 4. The van der Waals surface area contributed by atoms with Crippen molar-refractivity contribution in [3.05, 3.63) is 52.8 Å². The summed E-state index contributed by atoms with van der Waals surface area (Å²) in [6.07, 6.45) is -3.39. The number of rotatable bonds is 4. The summed E-state index contributed by atoms with van der Waals surface area (Å²) in [5, 5.41) is 12.7. The number of hydrogen-bond donors (Lipinski definition) is 1. The van der Waals surface area contributed by atoms with Crippen molar-refractivity contribution in [1.29, 1.82) is 5.26 Å². The van der Waals surface area contributed by atoms with Crippen LogP contribution in [0.25, 0.3) is 22.2 Å². The fraction of sp³-hybridized carbons (Fsp3) is 0.222. The number of nitrogens with two attached hydrogens (primary N) is 1. The van der Waals surface area contributed by atoms with E-state index >= 15 is 0 Å². The molecule has 2 heterocycles. The summed E-state index contributed by atoms with van der Waals surface area (Å²) in [6, 6.07) is 8.44. The Labute approximate surface area is 169 Å². The summed E-state index contributed by atoms with van der Waals surface area (Å²) >= 11 is 6.03. The number of primary sulfonamides is 1. The van der Waals surface area contributed by atoms with Gasteiger partial charge >= 0.3 is 6.18 Å². The first-order valence-electron chi connectivity index (χ1n) is 8.14. The molecule has 0 aliphatic rings. The Hall–Kier alpha value is -2.61. The van der Waals surface area contributed by atoms with E-state index in [9.17, 15) is 26.9 Å². The fourth-order valence-electron chi connectivity index (χ4n) is 3.22. The Balaban J connectivity index is 2.14. The summed E-state index contributed by atoms with van der Waals surface area (Å²) in [4.78, 5) is 3.93. The molecule has 2 aromatic heterocycles. The molecule has 1 atom stereocenters. The van der Waals surface area contributed by atoms with Gasteiger partial charge in [-0.2, -0.15) is 18.4 Å². The van der Waals surface area contributed by atoms with Crippen LogP contribution in [-0.4, -0.2) is 29.4 Å². The number of fused-ring (bicyclic) bond motifs is 1. The van der Waals surface area contributed by atoms with Crippen molar-refractivity contribution in [3.63, 3.8) is 0 Å². The summed E-state index contributed by atoms with van der Waals surface area (Å²) in [6.45, 7) is 0. The van der Waals surface area contributed by atoms with Crippen LogP contribution in [0.3, 0.4) is 0 Å². The maximum Gasteiger partial charge on any atom is 0.407 e. The van der Waals surface area contributed by atoms with E-state index in [0.29, 0.717) is 32.7 Å². The molecule has 0 radical (unpaired) electrons. The van der Waals surface area contributed by atoms with Crippen molar-refractivity contribution in [2.24, 2.45) is 12.2 Å². The zero-order valence-electron chi connectivity index (χ0n) is 14.9. The standard InChI is InChI=1S/C18H14ClF3N4O2S/c1-26-15-6-12(19)2-3-13(15)14(7-23)17(26)11-4-10(8-25-9-11)5-16(18(20,21)22)29(24,27)28/h2-4,6,8-9,16H,5H2,1H3,(H2,24,27,28). The van der Waals surface area contributed by atoms with Crippen molar-refractivity contribution < 1.29 is 21.6 Å². The Morgan fingerprint density at radius 3 is 2.59 bits per heavy atom. The van der Waals surface area contributed by atoms with Crippen LogP contribution in [0.5, 0.6) is 0 Å². The van der Waals surface area contributed by atoms with E-state index in [1.165, 1.54) is 12.3 Å². The first-order valence-corrected chi connectivity index (χ1v) is 10.1. The second-order valence-corrected chi connectivity index (χ2v) is 8.64. The van der Waals surface area contributed by atoms with Crippen LogP contribution >= 0.6 is 11.6 Å². The van der Waals surface area contributed by atoms with Gasteiger partial charge in [-0.3, -0.25) is 4.98 Å². The lowest BCUT2D eigenvalue weighted by Crippen LogP contribution is -2.42. The first kappa shape index (κ1) is 21.1. The normalized spacial score (nSPS) is 13.4. The highest BCUT2D eigenvalue weighted by Gasteiger charge is 2.47. The SMILES string of the molecule is Cn1c(-c2cncc(CC(C(F)(F)F)S(N)(=O)=O)c2)c(C#N)c2ccc(Cl)cc21. The maximum atomic E-state index is 13.1. The third-order valence-corrected chi connectivity index (χ3v) is 5.99. The quantitative estimate of drug-likeness (QED) is 0.667. The van der Waals surface area contributed by atoms with Gasteiger partial charge in [-0.05, 0) is 29.8 Å². The molecule has 1 unspecified atom stereocenters. The monoisotopic (exact) mass is 442 g/mol. The number of alkyl halides is 3. The summed E-state index contributed by atoms with van der Waals surface area (Å²) in [5.74, 6) is 0. The van der Waals surface area contributed by atoms with Gasteiger partial charge in [0.25, 0.3) is 0 Å². The van der Waals surface area contributed by atoms with Gasteiger partial charge in [0.05, 0.1) is 16.8 Å².